The fraction of sp³-hybridized carbons (Fsp3) is 0.150. The first-order chi connectivity index (χ1) is 12.8. The minimum Gasteiger partial charge on any atom is -0.340 e. The summed E-state index contributed by atoms with van der Waals surface area (Å²) in [6, 6.07) is 10.6. The van der Waals surface area contributed by atoms with Crippen LogP contribution in [-0.2, 0) is 0 Å². The van der Waals surface area contributed by atoms with E-state index in [1.165, 1.54) is 12.1 Å². The third-order valence-corrected chi connectivity index (χ3v) is 4.14. The topological polar surface area (TPSA) is 66.9 Å². The lowest BCUT2D eigenvalue weighted by molar-refractivity contribution is 0.102. The van der Waals surface area contributed by atoms with E-state index in [4.69, 9.17) is 0 Å². The molecule has 1 heterocycles. The highest BCUT2D eigenvalue weighted by molar-refractivity contribution is 6.03. The van der Waals surface area contributed by atoms with E-state index in [0.717, 1.165) is 28.9 Å². The van der Waals surface area contributed by atoms with Crippen LogP contribution in [0.4, 0.5) is 26.0 Å². The van der Waals surface area contributed by atoms with Crippen molar-refractivity contribution < 1.29 is 13.6 Å². The molecule has 0 atom stereocenters. The fourth-order valence-electron chi connectivity index (χ4n) is 2.57. The SMILES string of the molecule is Cc1nc(Nc2cccc(C)c2C)cc(C(=O)Nc2c(F)cccc2F)n1. The van der Waals surface area contributed by atoms with Gasteiger partial charge in [0.05, 0.1) is 0 Å². The van der Waals surface area contributed by atoms with Crippen LogP contribution in [0.1, 0.15) is 27.4 Å². The van der Waals surface area contributed by atoms with Crippen LogP contribution in [0.25, 0.3) is 0 Å². The van der Waals surface area contributed by atoms with E-state index in [1.54, 1.807) is 6.92 Å². The molecule has 7 heteroatoms. The maximum Gasteiger partial charge on any atom is 0.274 e. The number of halogens is 2. The number of hydrogen-bond acceptors (Lipinski definition) is 4. The van der Waals surface area contributed by atoms with Crippen LogP contribution in [0, 0.1) is 32.4 Å². The normalized spacial score (nSPS) is 10.6. The average Bonchev–Trinajstić information content (AvgIpc) is 2.61. The van der Waals surface area contributed by atoms with Crippen molar-refractivity contribution in [3.8, 4) is 0 Å². The van der Waals surface area contributed by atoms with E-state index in [0.29, 0.717) is 11.6 Å². The molecule has 1 aromatic heterocycles. The molecular weight excluding hydrogens is 350 g/mol. The minimum atomic E-state index is -0.858. The molecule has 0 fully saturated rings. The largest absolute Gasteiger partial charge is 0.340 e. The van der Waals surface area contributed by atoms with Crippen LogP contribution < -0.4 is 10.6 Å². The zero-order valence-electron chi connectivity index (χ0n) is 15.1. The molecule has 2 N–H and O–H groups in total. The van der Waals surface area contributed by atoms with Gasteiger partial charge in [-0.2, -0.15) is 0 Å². The molecule has 0 aliphatic heterocycles. The second-order valence-electron chi connectivity index (χ2n) is 6.11. The third-order valence-electron chi connectivity index (χ3n) is 4.14. The average molecular weight is 368 g/mol. The third kappa shape index (κ3) is 4.08. The highest BCUT2D eigenvalue weighted by Gasteiger charge is 2.16. The number of nitrogens with one attached hydrogen (secondary N) is 2. The van der Waals surface area contributed by atoms with Gasteiger partial charge >= 0.3 is 0 Å². The lowest BCUT2D eigenvalue weighted by Gasteiger charge is -2.12. The molecule has 0 radical (unpaired) electrons. The summed E-state index contributed by atoms with van der Waals surface area (Å²) in [5.74, 6) is -1.68. The number of para-hydroxylation sites is 1. The number of benzene rings is 2. The van der Waals surface area contributed by atoms with Gasteiger partial charge in [-0.05, 0) is 50.1 Å². The van der Waals surface area contributed by atoms with Gasteiger partial charge in [0.2, 0.25) is 0 Å². The molecule has 2 aromatic carbocycles. The summed E-state index contributed by atoms with van der Waals surface area (Å²) >= 11 is 0. The summed E-state index contributed by atoms with van der Waals surface area (Å²) in [7, 11) is 0. The highest BCUT2D eigenvalue weighted by atomic mass is 19.1. The van der Waals surface area contributed by atoms with Crippen LogP contribution >= 0.6 is 0 Å². The number of carbonyl (C=O) groups excluding carboxylic acids is 1. The van der Waals surface area contributed by atoms with Crippen molar-refractivity contribution in [2.45, 2.75) is 20.8 Å². The van der Waals surface area contributed by atoms with E-state index in [1.807, 2.05) is 32.0 Å². The molecule has 27 heavy (non-hydrogen) atoms. The Bertz CT molecular complexity index is 1000. The second kappa shape index (κ2) is 7.49. The van der Waals surface area contributed by atoms with Crippen molar-refractivity contribution in [2.75, 3.05) is 10.6 Å². The van der Waals surface area contributed by atoms with Crippen molar-refractivity contribution in [1.82, 2.24) is 9.97 Å². The molecule has 3 rings (SSSR count). The number of aryl methyl sites for hydroxylation is 2. The van der Waals surface area contributed by atoms with Crippen molar-refractivity contribution >= 4 is 23.1 Å². The van der Waals surface area contributed by atoms with E-state index >= 15 is 0 Å². The number of amides is 1. The summed E-state index contributed by atoms with van der Waals surface area (Å²) in [6.07, 6.45) is 0. The van der Waals surface area contributed by atoms with Gasteiger partial charge in [0.15, 0.2) is 0 Å². The molecule has 138 valence electrons. The van der Waals surface area contributed by atoms with Crippen molar-refractivity contribution in [3.05, 3.63) is 76.7 Å². The molecule has 0 saturated carbocycles. The summed E-state index contributed by atoms with van der Waals surface area (Å²) in [4.78, 5) is 20.8. The number of rotatable bonds is 4. The number of hydrogen-bond donors (Lipinski definition) is 2. The quantitative estimate of drug-likeness (QED) is 0.702. The van der Waals surface area contributed by atoms with Gasteiger partial charge < -0.3 is 10.6 Å². The fourth-order valence-corrected chi connectivity index (χ4v) is 2.57. The first kappa shape index (κ1) is 18.4. The molecule has 0 bridgehead atoms. The molecule has 0 aliphatic carbocycles. The Hall–Kier alpha value is -3.35. The monoisotopic (exact) mass is 368 g/mol. The van der Waals surface area contributed by atoms with Crippen LogP contribution in [0.3, 0.4) is 0 Å². The lowest BCUT2D eigenvalue weighted by Crippen LogP contribution is -2.17. The molecular formula is C20H18F2N4O. The molecule has 5 nitrogen and oxygen atoms in total. The lowest BCUT2D eigenvalue weighted by atomic mass is 10.1. The predicted molar refractivity (Wildman–Crippen MR) is 100 cm³/mol. The Morgan fingerprint density at radius 3 is 2.33 bits per heavy atom. The maximum atomic E-state index is 13.8. The first-order valence-electron chi connectivity index (χ1n) is 8.29. The van der Waals surface area contributed by atoms with Gasteiger partial charge in [0.25, 0.3) is 5.91 Å². The molecule has 3 aromatic rings. The van der Waals surface area contributed by atoms with E-state index in [9.17, 15) is 13.6 Å². The number of anilines is 3. The van der Waals surface area contributed by atoms with Crippen LogP contribution in [-0.4, -0.2) is 15.9 Å². The summed E-state index contributed by atoms with van der Waals surface area (Å²) in [6.45, 7) is 5.60. The van der Waals surface area contributed by atoms with Gasteiger partial charge in [0, 0.05) is 11.8 Å². The zero-order valence-corrected chi connectivity index (χ0v) is 15.1. The van der Waals surface area contributed by atoms with Crippen LogP contribution in [0.15, 0.2) is 42.5 Å². The second-order valence-corrected chi connectivity index (χ2v) is 6.11. The molecule has 0 unspecified atom stereocenters. The highest BCUT2D eigenvalue weighted by Crippen LogP contribution is 2.23. The maximum absolute atomic E-state index is 13.8. The Morgan fingerprint density at radius 1 is 0.963 bits per heavy atom. The van der Waals surface area contributed by atoms with Gasteiger partial charge in [-0.15, -0.1) is 0 Å². The Kier molecular flexibility index (Phi) is 5.12. The van der Waals surface area contributed by atoms with Crippen LogP contribution in [0.2, 0.25) is 0 Å². The van der Waals surface area contributed by atoms with E-state index in [2.05, 4.69) is 20.6 Å². The minimum absolute atomic E-state index is 0.00189. The number of aromatic nitrogens is 2. The predicted octanol–water partition coefficient (Wildman–Crippen LogP) is 4.68. The van der Waals surface area contributed by atoms with Gasteiger partial charge in [-0.25, -0.2) is 18.7 Å². The smallest absolute Gasteiger partial charge is 0.274 e. The summed E-state index contributed by atoms with van der Waals surface area (Å²) in [5, 5.41) is 5.38. The van der Waals surface area contributed by atoms with Crippen molar-refractivity contribution in [2.24, 2.45) is 0 Å². The van der Waals surface area contributed by atoms with Gasteiger partial charge in [-0.1, -0.05) is 18.2 Å². The van der Waals surface area contributed by atoms with E-state index in [-0.39, 0.29) is 5.69 Å². The van der Waals surface area contributed by atoms with Crippen molar-refractivity contribution in [3.63, 3.8) is 0 Å². The molecule has 0 spiro atoms. The summed E-state index contributed by atoms with van der Waals surface area (Å²) < 4.78 is 27.5. The molecule has 0 aliphatic rings. The van der Waals surface area contributed by atoms with Crippen LogP contribution in [0.5, 0.6) is 0 Å². The van der Waals surface area contributed by atoms with E-state index < -0.39 is 23.2 Å². The number of carbonyl (C=O) groups is 1. The Balaban J connectivity index is 1.89. The zero-order chi connectivity index (χ0) is 19.6. The van der Waals surface area contributed by atoms with Gasteiger partial charge in [0.1, 0.15) is 34.7 Å². The summed E-state index contributed by atoms with van der Waals surface area (Å²) in [5.41, 5.74) is 2.49. The standard InChI is InChI=1S/C20H18F2N4O/c1-11-6-4-9-16(12(11)2)25-18-10-17(23-13(3)24-18)20(27)26-19-14(21)7-5-8-15(19)22/h4-10H,1-3H3,(H,26,27)(H,23,24,25). The van der Waals surface area contributed by atoms with Gasteiger partial charge in [-0.3, -0.25) is 4.79 Å². The molecule has 0 saturated heterocycles. The first-order valence-corrected chi connectivity index (χ1v) is 8.29. The Labute approximate surface area is 155 Å². The Morgan fingerprint density at radius 2 is 1.63 bits per heavy atom. The number of nitrogens with zero attached hydrogens (tertiary/aromatic N) is 2. The van der Waals surface area contributed by atoms with Crippen molar-refractivity contribution in [1.29, 1.82) is 0 Å². The molecule has 1 amide bonds.